The third-order valence-electron chi connectivity index (χ3n) is 9.43. The molecule has 6 rings (SSSR count). The number of hydrogen-bond donors (Lipinski definition) is 3. The second-order valence-electron chi connectivity index (χ2n) is 12.2. The van der Waals surface area contributed by atoms with Crippen LogP contribution in [0.3, 0.4) is 0 Å². The van der Waals surface area contributed by atoms with Crippen molar-refractivity contribution in [3.8, 4) is 5.75 Å². The molecule has 4 aliphatic rings. The molecular weight excluding hydrogens is 564 g/mol. The Balaban J connectivity index is 1.41. The van der Waals surface area contributed by atoms with Gasteiger partial charge in [-0.05, 0) is 91.8 Å². The number of carbonyl (C=O) groups excluding carboxylic acids is 1. The average molecular weight is 601 g/mol. The Morgan fingerprint density at radius 2 is 2.02 bits per heavy atom. The van der Waals surface area contributed by atoms with E-state index in [-0.39, 0.29) is 29.4 Å². The summed E-state index contributed by atoms with van der Waals surface area (Å²) in [5.41, 5.74) is 3.19. The molecule has 1 saturated carbocycles. The van der Waals surface area contributed by atoms with E-state index in [1.54, 1.807) is 30.4 Å². The van der Waals surface area contributed by atoms with Crippen LogP contribution < -0.4 is 14.4 Å². The maximum atomic E-state index is 13.2. The molecule has 2 aliphatic heterocycles. The van der Waals surface area contributed by atoms with Crippen LogP contribution in [0.2, 0.25) is 5.02 Å². The fraction of sp³-hybridized carbons (Fsp3) is 0.516. The van der Waals surface area contributed by atoms with Gasteiger partial charge < -0.3 is 19.8 Å². The number of aryl methyl sites for hydroxylation is 1. The molecule has 2 bridgehead atoms. The Bertz CT molecular complexity index is 1460. The largest absolute Gasteiger partial charge is 0.490 e. The second-order valence-corrected chi connectivity index (χ2v) is 14.4. The van der Waals surface area contributed by atoms with E-state index in [0.717, 1.165) is 42.8 Å². The van der Waals surface area contributed by atoms with Crippen molar-refractivity contribution in [1.29, 1.82) is 0 Å². The topological polar surface area (TPSA) is 116 Å². The molecule has 5 atom stereocenters. The van der Waals surface area contributed by atoms with Gasteiger partial charge in [0, 0.05) is 35.0 Å². The van der Waals surface area contributed by atoms with Gasteiger partial charge in [-0.1, -0.05) is 29.8 Å². The number of nitrogens with zero attached hydrogens (tertiary/aromatic N) is 1. The van der Waals surface area contributed by atoms with Crippen molar-refractivity contribution in [3.63, 3.8) is 0 Å². The van der Waals surface area contributed by atoms with Crippen LogP contribution in [0.15, 0.2) is 48.6 Å². The molecule has 0 unspecified atom stereocenters. The van der Waals surface area contributed by atoms with Gasteiger partial charge in [0.05, 0.1) is 30.8 Å². The van der Waals surface area contributed by atoms with Crippen LogP contribution in [0.5, 0.6) is 5.75 Å². The van der Waals surface area contributed by atoms with Crippen LogP contribution in [0, 0.1) is 17.8 Å². The Kier molecular flexibility index (Phi) is 7.82. The quantitative estimate of drug-likeness (QED) is 0.426. The van der Waals surface area contributed by atoms with E-state index >= 15 is 0 Å². The molecule has 2 heterocycles. The minimum Gasteiger partial charge on any atom is -0.490 e. The Labute approximate surface area is 246 Å². The lowest BCUT2D eigenvalue weighted by atomic mass is 9.68. The number of aliphatic hydroxyl groups is 2. The van der Waals surface area contributed by atoms with Gasteiger partial charge in [-0.3, -0.25) is 4.79 Å². The van der Waals surface area contributed by atoms with E-state index in [4.69, 9.17) is 16.3 Å². The summed E-state index contributed by atoms with van der Waals surface area (Å²) >= 11 is 6.37. The lowest BCUT2D eigenvalue weighted by molar-refractivity contribution is 0.0176. The first-order chi connectivity index (χ1) is 19.7. The summed E-state index contributed by atoms with van der Waals surface area (Å²) in [5, 5.41) is 21.5. The smallest absolute Gasteiger partial charge is 0.264 e. The minimum absolute atomic E-state index is 0.108. The number of rotatable bonds is 1. The van der Waals surface area contributed by atoms with Crippen molar-refractivity contribution in [2.24, 2.45) is 17.8 Å². The number of fused-ring (bicyclic) bond motifs is 4. The number of nitrogens with one attached hydrogen (secondary N) is 1. The van der Waals surface area contributed by atoms with Crippen LogP contribution in [0.25, 0.3) is 0 Å². The number of hydrogen-bond acceptors (Lipinski definition) is 7. The highest BCUT2D eigenvalue weighted by Crippen LogP contribution is 2.46. The number of aliphatic hydroxyl groups excluding tert-OH is 2. The number of amides is 1. The molecular formula is C31H37ClN2O6S. The third-order valence-corrected chi connectivity index (χ3v) is 11.0. The first-order valence-electron chi connectivity index (χ1n) is 14.5. The first kappa shape index (κ1) is 28.5. The van der Waals surface area contributed by atoms with Crippen LogP contribution in [0.4, 0.5) is 5.69 Å². The van der Waals surface area contributed by atoms with E-state index in [1.165, 1.54) is 11.1 Å². The molecule has 2 aliphatic carbocycles. The maximum Gasteiger partial charge on any atom is 0.264 e. The summed E-state index contributed by atoms with van der Waals surface area (Å²) in [7, 11) is -4.02. The number of carbonyl (C=O) groups is 1. The predicted octanol–water partition coefficient (Wildman–Crippen LogP) is 3.83. The van der Waals surface area contributed by atoms with Crippen molar-refractivity contribution >= 4 is 33.2 Å². The molecule has 1 fully saturated rings. The average Bonchev–Trinajstić information content (AvgIpc) is 3.06. The first-order valence-corrected chi connectivity index (χ1v) is 16.5. The molecule has 0 aromatic heterocycles. The Morgan fingerprint density at radius 1 is 1.17 bits per heavy atom. The zero-order valence-electron chi connectivity index (χ0n) is 23.0. The van der Waals surface area contributed by atoms with Gasteiger partial charge >= 0.3 is 0 Å². The number of halogens is 1. The van der Waals surface area contributed by atoms with Crippen LogP contribution in [-0.2, 0) is 21.9 Å². The Morgan fingerprint density at radius 3 is 2.80 bits per heavy atom. The molecule has 41 heavy (non-hydrogen) atoms. The highest BCUT2D eigenvalue weighted by atomic mass is 35.5. The molecule has 0 radical (unpaired) electrons. The predicted molar refractivity (Wildman–Crippen MR) is 158 cm³/mol. The molecule has 1 amide bonds. The zero-order chi connectivity index (χ0) is 28.8. The van der Waals surface area contributed by atoms with E-state index in [9.17, 15) is 23.4 Å². The molecule has 3 N–H and O–H groups in total. The van der Waals surface area contributed by atoms with Gasteiger partial charge in [-0.15, -0.1) is 0 Å². The van der Waals surface area contributed by atoms with Crippen molar-refractivity contribution in [2.75, 3.05) is 37.0 Å². The standard InChI is InChI=1S/C31H37ClN2O6S/c32-24-8-10-26-21(13-24)4-2-12-31(26)18-34-15-23-6-9-25(23)28(36)5-1-3-20(16-35)17-41(38,39)33-30(37)22-7-11-29(40-19-31)27(34)14-22/h1,3,7-8,10-11,13-14,20,23,25,28,35-36H,2,4-6,9,12,15-19H2,(H,33,37)/b3-1-/t20-,23+,25-,28+,31+/m1/s1. The van der Waals surface area contributed by atoms with Gasteiger partial charge in [0.15, 0.2) is 0 Å². The summed E-state index contributed by atoms with van der Waals surface area (Å²) in [6.45, 7) is 1.47. The molecule has 10 heteroatoms. The number of ether oxygens (including phenoxy) is 1. The Hall–Kier alpha value is -2.59. The van der Waals surface area contributed by atoms with E-state index in [2.05, 4.69) is 21.8 Å². The summed E-state index contributed by atoms with van der Waals surface area (Å²) in [5.74, 6) is -0.805. The van der Waals surface area contributed by atoms with Gasteiger partial charge in [-0.2, -0.15) is 0 Å². The molecule has 220 valence electrons. The lowest BCUT2D eigenvalue weighted by Crippen LogP contribution is -2.49. The van der Waals surface area contributed by atoms with Crippen molar-refractivity contribution < 1.29 is 28.2 Å². The van der Waals surface area contributed by atoms with E-state index < -0.39 is 33.7 Å². The third kappa shape index (κ3) is 5.74. The van der Waals surface area contributed by atoms with Gasteiger partial charge in [-0.25, -0.2) is 13.1 Å². The maximum absolute atomic E-state index is 13.2. The number of sulfonamides is 1. The molecule has 8 nitrogen and oxygen atoms in total. The van der Waals surface area contributed by atoms with Crippen molar-refractivity contribution in [1.82, 2.24) is 4.72 Å². The van der Waals surface area contributed by atoms with E-state index in [1.807, 2.05) is 6.07 Å². The van der Waals surface area contributed by atoms with Gasteiger partial charge in [0.25, 0.3) is 5.91 Å². The van der Waals surface area contributed by atoms with Crippen molar-refractivity contribution in [3.05, 3.63) is 70.3 Å². The normalized spacial score (nSPS) is 32.0. The molecule has 0 saturated heterocycles. The summed E-state index contributed by atoms with van der Waals surface area (Å²) < 4.78 is 34.3. The van der Waals surface area contributed by atoms with Crippen LogP contribution in [-0.4, -0.2) is 62.7 Å². The van der Waals surface area contributed by atoms with Gasteiger partial charge in [0.1, 0.15) is 5.75 Å². The summed E-state index contributed by atoms with van der Waals surface area (Å²) in [6.07, 6.45) is 8.04. The SMILES string of the molecule is O=C1NS(=O)(=O)C[C@@H](CO)/C=C\C[C@H](O)[C@@H]2CC[C@H]2CN2C[C@@]3(CCCc4cc(Cl)ccc43)COc3ccc1cc32. The fourth-order valence-electron chi connectivity index (χ4n) is 7.14. The van der Waals surface area contributed by atoms with Crippen LogP contribution >= 0.6 is 11.6 Å². The summed E-state index contributed by atoms with van der Waals surface area (Å²) in [4.78, 5) is 15.5. The lowest BCUT2D eigenvalue weighted by Gasteiger charge is -2.45. The second kappa shape index (κ2) is 11.2. The zero-order valence-corrected chi connectivity index (χ0v) is 24.5. The molecule has 2 aromatic rings. The number of anilines is 1. The molecule has 2 aromatic carbocycles. The highest BCUT2D eigenvalue weighted by Gasteiger charge is 2.44. The van der Waals surface area contributed by atoms with Gasteiger partial charge in [0.2, 0.25) is 10.0 Å². The van der Waals surface area contributed by atoms with Crippen LogP contribution in [0.1, 0.15) is 53.6 Å². The highest BCUT2D eigenvalue weighted by molar-refractivity contribution is 7.90. The van der Waals surface area contributed by atoms with E-state index in [0.29, 0.717) is 31.9 Å². The monoisotopic (exact) mass is 600 g/mol. The summed E-state index contributed by atoms with van der Waals surface area (Å²) in [6, 6.07) is 11.2. The van der Waals surface area contributed by atoms with Crippen molar-refractivity contribution in [2.45, 2.75) is 50.0 Å². The molecule has 1 spiro atoms. The number of benzene rings is 2. The minimum atomic E-state index is -4.02. The fourth-order valence-corrected chi connectivity index (χ4v) is 8.60.